The summed E-state index contributed by atoms with van der Waals surface area (Å²) >= 11 is 1.04. The number of nitrogens with zero attached hydrogens (tertiary/aromatic N) is 5. The molecule has 0 saturated carbocycles. The van der Waals surface area contributed by atoms with E-state index >= 15 is 4.39 Å². The second kappa shape index (κ2) is 14.5. The summed E-state index contributed by atoms with van der Waals surface area (Å²) in [5, 5.41) is 6.72. The number of aliphatic imine (C=N–C) groups is 1. The zero-order valence-electron chi connectivity index (χ0n) is 25.9. The second-order valence-electron chi connectivity index (χ2n) is 10.8. The zero-order valence-corrected chi connectivity index (χ0v) is 26.8. The molecule has 1 aromatic heterocycles. The fourth-order valence-corrected chi connectivity index (χ4v) is 5.74. The molecule has 0 radical (unpaired) electrons. The van der Waals surface area contributed by atoms with Crippen molar-refractivity contribution in [1.82, 2.24) is 14.8 Å². The number of anilines is 2. The monoisotopic (exact) mass is 708 g/mol. The predicted octanol–water partition coefficient (Wildman–Crippen LogP) is 7.80. The predicted molar refractivity (Wildman–Crippen MR) is 176 cm³/mol. The highest BCUT2D eigenvalue weighted by Gasteiger charge is 2.33. The molecule has 1 aliphatic heterocycles. The Kier molecular flexibility index (Phi) is 9.92. The van der Waals surface area contributed by atoms with Gasteiger partial charge in [-0.15, -0.1) is 18.3 Å². The van der Waals surface area contributed by atoms with Crippen LogP contribution in [0.4, 0.5) is 38.1 Å². The van der Waals surface area contributed by atoms with Gasteiger partial charge in [-0.25, -0.2) is 23.2 Å². The minimum atomic E-state index is -4.83. The lowest BCUT2D eigenvalue weighted by molar-refractivity contribution is -0.274. The number of hydrogen-bond acceptors (Lipinski definition) is 7. The number of benzene rings is 4. The van der Waals surface area contributed by atoms with E-state index in [2.05, 4.69) is 25.1 Å². The normalized spacial score (nSPS) is 14.0. The van der Waals surface area contributed by atoms with Gasteiger partial charge in [-0.1, -0.05) is 42.1 Å². The van der Waals surface area contributed by atoms with Gasteiger partial charge in [0.25, 0.3) is 0 Å². The van der Waals surface area contributed by atoms with Crippen molar-refractivity contribution in [2.75, 3.05) is 16.0 Å². The van der Waals surface area contributed by atoms with Gasteiger partial charge in [0.15, 0.2) is 11.0 Å². The van der Waals surface area contributed by atoms with Crippen LogP contribution < -0.4 is 15.0 Å². The smallest absolute Gasteiger partial charge is 0.406 e. The van der Waals surface area contributed by atoms with E-state index < -0.39 is 29.8 Å². The SMILES string of the molecule is Cc1ccc(COCc2ccccc2F)c(N2C(=O)CS/C2=N\C(=O)Nc2ccc(-c3ncn(-c4ccc(OC(F)(F)F)cc4)n3)cc2F)c1. The topological polar surface area (TPSA) is 111 Å². The summed E-state index contributed by atoms with van der Waals surface area (Å²) in [4.78, 5) is 35.4. The molecule has 1 N–H and O–H groups in total. The Hall–Kier alpha value is -5.61. The van der Waals surface area contributed by atoms with Crippen LogP contribution in [-0.2, 0) is 22.7 Å². The number of carbonyl (C=O) groups is 2. The molecule has 0 unspecified atom stereocenters. The summed E-state index contributed by atoms with van der Waals surface area (Å²) in [5.41, 5.74) is 2.73. The summed E-state index contributed by atoms with van der Waals surface area (Å²) < 4.78 is 77.5. The van der Waals surface area contributed by atoms with Gasteiger partial charge in [-0.05, 0) is 67.1 Å². The van der Waals surface area contributed by atoms with Gasteiger partial charge in [0.2, 0.25) is 5.91 Å². The van der Waals surface area contributed by atoms with E-state index in [1.807, 2.05) is 13.0 Å². The number of hydrogen-bond donors (Lipinski definition) is 1. The average Bonchev–Trinajstić information content (AvgIpc) is 3.70. The van der Waals surface area contributed by atoms with Crippen molar-refractivity contribution in [3.05, 3.63) is 120 Å². The Morgan fingerprint density at radius 2 is 1.72 bits per heavy atom. The molecule has 3 amide bonds. The fraction of sp³-hybridized carbons (Fsp3) is 0.147. The molecule has 50 heavy (non-hydrogen) atoms. The van der Waals surface area contributed by atoms with E-state index in [1.54, 1.807) is 30.3 Å². The first-order valence-corrected chi connectivity index (χ1v) is 15.8. The molecule has 0 atom stereocenters. The van der Waals surface area contributed by atoms with Crippen LogP contribution in [-0.4, -0.2) is 44.0 Å². The van der Waals surface area contributed by atoms with Crippen molar-refractivity contribution < 1.29 is 41.0 Å². The summed E-state index contributed by atoms with van der Waals surface area (Å²) in [6, 6.07) is 19.5. The number of urea groups is 1. The third kappa shape index (κ3) is 8.15. The Bertz CT molecular complexity index is 2090. The highest BCUT2D eigenvalue weighted by molar-refractivity contribution is 8.15. The van der Waals surface area contributed by atoms with Crippen LogP contribution in [0.3, 0.4) is 0 Å². The van der Waals surface area contributed by atoms with Crippen LogP contribution in [0.5, 0.6) is 5.75 Å². The summed E-state index contributed by atoms with van der Waals surface area (Å²) in [5.74, 6) is -1.81. The van der Waals surface area contributed by atoms with Gasteiger partial charge in [0.1, 0.15) is 23.7 Å². The van der Waals surface area contributed by atoms with Crippen LogP contribution in [0, 0.1) is 18.6 Å². The highest BCUT2D eigenvalue weighted by Crippen LogP contribution is 2.32. The summed E-state index contributed by atoms with van der Waals surface area (Å²) in [7, 11) is 0. The number of amides is 3. The van der Waals surface area contributed by atoms with Gasteiger partial charge in [-0.2, -0.15) is 4.99 Å². The van der Waals surface area contributed by atoms with Gasteiger partial charge in [0.05, 0.1) is 36.0 Å². The van der Waals surface area contributed by atoms with Crippen LogP contribution in [0.25, 0.3) is 17.1 Å². The number of amidine groups is 1. The molecule has 16 heteroatoms. The number of nitrogens with one attached hydrogen (secondary N) is 1. The Morgan fingerprint density at radius 3 is 2.46 bits per heavy atom. The first-order valence-electron chi connectivity index (χ1n) is 14.8. The average molecular weight is 709 g/mol. The lowest BCUT2D eigenvalue weighted by atomic mass is 10.1. The number of thioether (sulfide) groups is 1. The van der Waals surface area contributed by atoms with E-state index in [0.717, 1.165) is 35.5 Å². The molecule has 2 heterocycles. The first kappa shape index (κ1) is 34.3. The molecule has 6 rings (SSSR count). The first-order chi connectivity index (χ1) is 23.9. The van der Waals surface area contributed by atoms with E-state index in [9.17, 15) is 27.2 Å². The largest absolute Gasteiger partial charge is 0.573 e. The quantitative estimate of drug-likeness (QED) is 0.156. The number of alkyl halides is 3. The molecule has 5 aromatic rings. The minimum Gasteiger partial charge on any atom is -0.406 e. The molecule has 4 aromatic carbocycles. The highest BCUT2D eigenvalue weighted by atomic mass is 32.2. The van der Waals surface area contributed by atoms with Gasteiger partial charge in [0, 0.05) is 16.7 Å². The third-order valence-electron chi connectivity index (χ3n) is 7.21. The number of rotatable bonds is 9. The maximum absolute atomic E-state index is 15.1. The standard InChI is InChI=1S/C34H25F5N6O4S/c1-20-6-7-23(17-48-16-22-4-2-3-5-26(22)35)29(14-20)45-30(46)18-50-33(45)42-32(47)41-28-13-8-21(15-27(28)36)31-40-19-44(43-31)24-9-11-25(12-10-24)49-34(37,38)39/h2-15,19H,16-18H2,1H3,(H,41,47)/b42-33-. The van der Waals surface area contributed by atoms with E-state index in [-0.39, 0.29) is 47.1 Å². The minimum absolute atomic E-state index is 0.00627. The van der Waals surface area contributed by atoms with Crippen molar-refractivity contribution in [2.24, 2.45) is 4.99 Å². The molecule has 1 aliphatic rings. The zero-order chi connectivity index (χ0) is 35.4. The number of aryl methyl sites for hydroxylation is 1. The Morgan fingerprint density at radius 1 is 0.960 bits per heavy atom. The second-order valence-corrected chi connectivity index (χ2v) is 11.8. The van der Waals surface area contributed by atoms with Crippen LogP contribution in [0.1, 0.15) is 16.7 Å². The summed E-state index contributed by atoms with van der Waals surface area (Å²) in [6.07, 6.45) is -3.52. The van der Waals surface area contributed by atoms with E-state index in [4.69, 9.17) is 4.74 Å². The molecular formula is C34H25F5N6O4S. The number of aromatic nitrogens is 3. The summed E-state index contributed by atoms with van der Waals surface area (Å²) in [6.45, 7) is 1.89. The lowest BCUT2D eigenvalue weighted by Crippen LogP contribution is -2.31. The number of carbonyl (C=O) groups excluding carboxylic acids is 2. The van der Waals surface area contributed by atoms with Gasteiger partial charge in [-0.3, -0.25) is 9.69 Å². The van der Waals surface area contributed by atoms with Crippen molar-refractivity contribution in [3.63, 3.8) is 0 Å². The van der Waals surface area contributed by atoms with Crippen LogP contribution >= 0.6 is 11.8 Å². The number of ether oxygens (including phenoxy) is 2. The van der Waals surface area contributed by atoms with Gasteiger partial charge < -0.3 is 14.8 Å². The van der Waals surface area contributed by atoms with Crippen molar-refractivity contribution >= 4 is 40.2 Å². The molecule has 0 spiro atoms. The lowest BCUT2D eigenvalue weighted by Gasteiger charge is -2.20. The molecule has 10 nitrogen and oxygen atoms in total. The molecule has 0 aliphatic carbocycles. The number of halogens is 5. The molecule has 0 bridgehead atoms. The fourth-order valence-electron chi connectivity index (χ4n) is 4.88. The maximum Gasteiger partial charge on any atom is 0.573 e. The molecular weight excluding hydrogens is 683 g/mol. The van der Waals surface area contributed by atoms with Crippen LogP contribution in [0.15, 0.2) is 96.2 Å². The van der Waals surface area contributed by atoms with Crippen molar-refractivity contribution in [3.8, 4) is 22.8 Å². The van der Waals surface area contributed by atoms with Crippen molar-refractivity contribution in [1.29, 1.82) is 0 Å². The van der Waals surface area contributed by atoms with Crippen molar-refractivity contribution in [2.45, 2.75) is 26.5 Å². The molecule has 256 valence electrons. The van der Waals surface area contributed by atoms with E-state index in [1.165, 1.54) is 46.2 Å². The Labute approximate surface area is 285 Å². The Balaban J connectivity index is 1.14. The molecule has 1 fully saturated rings. The third-order valence-corrected chi connectivity index (χ3v) is 8.14. The van der Waals surface area contributed by atoms with Crippen LogP contribution in [0.2, 0.25) is 0 Å². The maximum atomic E-state index is 15.1. The van der Waals surface area contributed by atoms with Gasteiger partial charge >= 0.3 is 12.4 Å². The molecule has 1 saturated heterocycles. The van der Waals surface area contributed by atoms with E-state index in [0.29, 0.717) is 22.5 Å².